The molecule has 1 N–H and O–H groups in total. The zero-order valence-electron chi connectivity index (χ0n) is 10.4. The fourth-order valence-electron chi connectivity index (χ4n) is 2.73. The lowest BCUT2D eigenvalue weighted by atomic mass is 9.99. The minimum atomic E-state index is 0.111. The molecule has 18 heavy (non-hydrogen) atoms. The van der Waals surface area contributed by atoms with E-state index in [4.69, 9.17) is 4.42 Å². The second-order valence-corrected chi connectivity index (χ2v) is 5.59. The minimum absolute atomic E-state index is 0.111. The van der Waals surface area contributed by atoms with Gasteiger partial charge >= 0.3 is 0 Å². The molecule has 3 heteroatoms. The molecule has 1 heterocycles. The predicted molar refractivity (Wildman–Crippen MR) is 75.8 cm³/mol. The van der Waals surface area contributed by atoms with Crippen LogP contribution >= 0.6 is 15.9 Å². The fraction of sp³-hybridized carbons (Fsp3) is 0.333. The van der Waals surface area contributed by atoms with E-state index in [2.05, 4.69) is 39.4 Å². The molecule has 0 bridgehead atoms. The highest BCUT2D eigenvalue weighted by Gasteiger charge is 2.20. The molecule has 0 saturated carbocycles. The van der Waals surface area contributed by atoms with Crippen LogP contribution in [0.2, 0.25) is 0 Å². The van der Waals surface area contributed by atoms with Crippen molar-refractivity contribution in [1.29, 1.82) is 0 Å². The Labute approximate surface area is 116 Å². The molecule has 1 unspecified atom stereocenters. The molecule has 2 nitrogen and oxygen atoms in total. The van der Waals surface area contributed by atoms with Gasteiger partial charge in [-0.3, -0.25) is 0 Å². The van der Waals surface area contributed by atoms with Crippen LogP contribution in [0.3, 0.4) is 0 Å². The monoisotopic (exact) mass is 305 g/mol. The fourth-order valence-corrected chi connectivity index (χ4v) is 3.16. The molecule has 1 atom stereocenters. The third-order valence-corrected chi connectivity index (χ3v) is 4.31. The van der Waals surface area contributed by atoms with Crippen molar-refractivity contribution in [3.8, 4) is 0 Å². The third-order valence-electron chi connectivity index (χ3n) is 3.65. The van der Waals surface area contributed by atoms with Crippen LogP contribution in [0, 0.1) is 0 Å². The second-order valence-electron chi connectivity index (χ2n) is 4.74. The lowest BCUT2D eigenvalue weighted by Gasteiger charge is -2.16. The molecule has 1 aromatic carbocycles. The molecule has 1 aliphatic carbocycles. The van der Waals surface area contributed by atoms with Crippen LogP contribution < -0.4 is 5.32 Å². The summed E-state index contributed by atoms with van der Waals surface area (Å²) in [6.45, 7) is 0. The third kappa shape index (κ3) is 2.02. The number of hydrogen-bond donors (Lipinski definition) is 1. The summed E-state index contributed by atoms with van der Waals surface area (Å²) in [4.78, 5) is 0. The van der Waals surface area contributed by atoms with E-state index in [9.17, 15) is 0 Å². The molecule has 0 aliphatic heterocycles. The average Bonchev–Trinajstić information content (AvgIpc) is 2.99. The van der Waals surface area contributed by atoms with E-state index in [0.717, 1.165) is 10.2 Å². The summed E-state index contributed by atoms with van der Waals surface area (Å²) >= 11 is 3.53. The van der Waals surface area contributed by atoms with Gasteiger partial charge in [0.15, 0.2) is 0 Å². The molecule has 3 rings (SSSR count). The Morgan fingerprint density at radius 1 is 1.22 bits per heavy atom. The highest BCUT2D eigenvalue weighted by Crippen LogP contribution is 2.32. The topological polar surface area (TPSA) is 25.2 Å². The number of fused-ring (bicyclic) bond motifs is 1. The molecule has 94 valence electrons. The summed E-state index contributed by atoms with van der Waals surface area (Å²) in [6, 6.07) is 8.84. The lowest BCUT2D eigenvalue weighted by molar-refractivity contribution is 0.461. The van der Waals surface area contributed by atoms with Crippen molar-refractivity contribution in [3.63, 3.8) is 0 Å². The summed E-state index contributed by atoms with van der Waals surface area (Å²) in [7, 11) is 1.97. The molecular weight excluding hydrogens is 290 g/mol. The van der Waals surface area contributed by atoms with Gasteiger partial charge in [-0.2, -0.15) is 0 Å². The van der Waals surface area contributed by atoms with Gasteiger partial charge in [-0.15, -0.1) is 0 Å². The molecule has 2 aromatic rings. The van der Waals surface area contributed by atoms with Crippen molar-refractivity contribution < 1.29 is 4.42 Å². The summed E-state index contributed by atoms with van der Waals surface area (Å²) in [5, 5.41) is 3.33. The summed E-state index contributed by atoms with van der Waals surface area (Å²) < 4.78 is 6.60. The van der Waals surface area contributed by atoms with Crippen molar-refractivity contribution in [1.82, 2.24) is 5.32 Å². The highest BCUT2D eigenvalue weighted by molar-refractivity contribution is 9.10. The number of halogens is 1. The maximum Gasteiger partial charge on any atom is 0.139 e. The summed E-state index contributed by atoms with van der Waals surface area (Å²) in [5.41, 5.74) is 4.27. The van der Waals surface area contributed by atoms with Crippen LogP contribution in [0.4, 0.5) is 0 Å². The number of aryl methyl sites for hydroxylation is 2. The first-order chi connectivity index (χ1) is 8.79. The first-order valence-corrected chi connectivity index (χ1v) is 7.10. The lowest BCUT2D eigenvalue weighted by Crippen LogP contribution is -2.17. The minimum Gasteiger partial charge on any atom is -0.466 e. The van der Waals surface area contributed by atoms with E-state index in [1.54, 1.807) is 6.26 Å². The van der Waals surface area contributed by atoms with Crippen LogP contribution in [-0.4, -0.2) is 7.05 Å². The maximum atomic E-state index is 5.58. The molecule has 0 amide bonds. The van der Waals surface area contributed by atoms with Gasteiger partial charge < -0.3 is 9.73 Å². The largest absolute Gasteiger partial charge is 0.466 e. The van der Waals surface area contributed by atoms with Crippen molar-refractivity contribution >= 4 is 15.9 Å². The standard InChI is InChI=1S/C15H16BrNO/c1-17-14(15-13(16)7-8-18-15)12-6-5-10-3-2-4-11(10)9-12/h5-9,14,17H,2-4H2,1H3. The van der Waals surface area contributed by atoms with Crippen LogP contribution in [0.25, 0.3) is 0 Å². The predicted octanol–water partition coefficient (Wildman–Crippen LogP) is 3.84. The van der Waals surface area contributed by atoms with E-state index in [1.165, 1.54) is 36.0 Å². The quantitative estimate of drug-likeness (QED) is 0.932. The molecule has 0 spiro atoms. The van der Waals surface area contributed by atoms with E-state index >= 15 is 0 Å². The van der Waals surface area contributed by atoms with Crippen molar-refractivity contribution in [2.75, 3.05) is 7.05 Å². The van der Waals surface area contributed by atoms with Gasteiger partial charge in [0.2, 0.25) is 0 Å². The Hall–Kier alpha value is -1.06. The van der Waals surface area contributed by atoms with Crippen LogP contribution in [0.15, 0.2) is 39.4 Å². The summed E-state index contributed by atoms with van der Waals surface area (Å²) in [6.07, 6.45) is 5.44. The Morgan fingerprint density at radius 2 is 2.06 bits per heavy atom. The van der Waals surface area contributed by atoms with Gasteiger partial charge in [-0.05, 0) is 65.0 Å². The Balaban J connectivity index is 2.00. The van der Waals surface area contributed by atoms with Crippen LogP contribution in [-0.2, 0) is 12.8 Å². The Morgan fingerprint density at radius 3 is 2.78 bits per heavy atom. The zero-order chi connectivity index (χ0) is 12.5. The van der Waals surface area contributed by atoms with Crippen LogP contribution in [0.1, 0.15) is 34.9 Å². The molecular formula is C15H16BrNO. The smallest absolute Gasteiger partial charge is 0.139 e. The van der Waals surface area contributed by atoms with E-state index in [1.807, 2.05) is 13.1 Å². The number of benzene rings is 1. The molecule has 1 aromatic heterocycles. The number of hydrogen-bond acceptors (Lipinski definition) is 2. The van der Waals surface area contributed by atoms with Gasteiger partial charge in [-0.25, -0.2) is 0 Å². The number of furan rings is 1. The van der Waals surface area contributed by atoms with Gasteiger partial charge in [0.25, 0.3) is 0 Å². The SMILES string of the molecule is CNC(c1ccc2c(c1)CCC2)c1occc1Br. The van der Waals surface area contributed by atoms with E-state index in [0.29, 0.717) is 0 Å². The summed E-state index contributed by atoms with van der Waals surface area (Å²) in [5.74, 6) is 0.940. The normalized spacial score (nSPS) is 15.7. The molecule has 0 saturated heterocycles. The maximum absolute atomic E-state index is 5.58. The second kappa shape index (κ2) is 4.90. The van der Waals surface area contributed by atoms with Crippen molar-refractivity contribution in [2.45, 2.75) is 25.3 Å². The first kappa shape index (κ1) is 12.0. The molecule has 0 fully saturated rings. The average molecular weight is 306 g/mol. The van der Waals surface area contributed by atoms with Gasteiger partial charge in [0.05, 0.1) is 16.8 Å². The Kier molecular flexibility index (Phi) is 3.27. The van der Waals surface area contributed by atoms with E-state index < -0.39 is 0 Å². The Bertz CT molecular complexity index is 561. The van der Waals surface area contributed by atoms with Gasteiger partial charge in [0, 0.05) is 0 Å². The number of nitrogens with one attached hydrogen (secondary N) is 1. The highest BCUT2D eigenvalue weighted by atomic mass is 79.9. The van der Waals surface area contributed by atoms with Gasteiger partial charge in [-0.1, -0.05) is 18.2 Å². The first-order valence-electron chi connectivity index (χ1n) is 6.31. The number of rotatable bonds is 3. The zero-order valence-corrected chi connectivity index (χ0v) is 12.0. The van der Waals surface area contributed by atoms with Crippen molar-refractivity contribution in [2.24, 2.45) is 0 Å². The molecule has 0 radical (unpaired) electrons. The van der Waals surface area contributed by atoms with Gasteiger partial charge in [0.1, 0.15) is 5.76 Å². The molecule has 1 aliphatic rings. The van der Waals surface area contributed by atoms with Crippen molar-refractivity contribution in [3.05, 3.63) is 57.5 Å². The van der Waals surface area contributed by atoms with E-state index in [-0.39, 0.29) is 6.04 Å². The van der Waals surface area contributed by atoms with Crippen LogP contribution in [0.5, 0.6) is 0 Å².